The van der Waals surface area contributed by atoms with E-state index in [1.165, 1.54) is 50.5 Å². The van der Waals surface area contributed by atoms with Gasteiger partial charge in [0.2, 0.25) is 0 Å². The van der Waals surface area contributed by atoms with Crippen molar-refractivity contribution in [3.8, 4) is 0 Å². The zero-order valence-corrected chi connectivity index (χ0v) is 18.9. The van der Waals surface area contributed by atoms with E-state index in [-0.39, 0.29) is 13.1 Å². The standard InChI is InChI=1S/C23H36N4O5/c1-2-3-4-5-6-7-8-9-10-18-11-12-19-20(17-18)32-21(26-19)27(15-13-24-22(28)29)16-14-25-23(30)31/h11-12,17,24-25H,2-10,13-16H2,1H3,(H,28,29)(H,30,31). The second-order valence-electron chi connectivity index (χ2n) is 7.97. The molecule has 0 spiro atoms. The van der Waals surface area contributed by atoms with Gasteiger partial charge >= 0.3 is 12.2 Å². The molecule has 32 heavy (non-hydrogen) atoms. The largest absolute Gasteiger partial charge is 0.465 e. The fraction of sp³-hybridized carbons (Fsp3) is 0.609. The molecule has 178 valence electrons. The van der Waals surface area contributed by atoms with Gasteiger partial charge in [0.05, 0.1) is 0 Å². The number of anilines is 1. The number of carboxylic acid groups (broad SMARTS) is 2. The molecule has 0 aliphatic rings. The quantitative estimate of drug-likeness (QED) is 0.270. The zero-order chi connectivity index (χ0) is 23.2. The number of hydrogen-bond acceptors (Lipinski definition) is 5. The van der Waals surface area contributed by atoms with Gasteiger partial charge in [0, 0.05) is 26.2 Å². The van der Waals surface area contributed by atoms with Gasteiger partial charge in [0.25, 0.3) is 6.01 Å². The fourth-order valence-corrected chi connectivity index (χ4v) is 3.61. The molecule has 0 atom stereocenters. The number of amides is 2. The highest BCUT2D eigenvalue weighted by Crippen LogP contribution is 2.24. The molecule has 4 N–H and O–H groups in total. The van der Waals surface area contributed by atoms with Gasteiger partial charge in [0.1, 0.15) is 5.52 Å². The minimum absolute atomic E-state index is 0.171. The second-order valence-corrected chi connectivity index (χ2v) is 7.97. The monoisotopic (exact) mass is 448 g/mol. The van der Waals surface area contributed by atoms with Gasteiger partial charge in [-0.1, -0.05) is 57.9 Å². The van der Waals surface area contributed by atoms with E-state index in [9.17, 15) is 9.59 Å². The summed E-state index contributed by atoms with van der Waals surface area (Å²) in [6, 6.07) is 6.36. The average molecular weight is 449 g/mol. The van der Waals surface area contributed by atoms with Crippen molar-refractivity contribution in [3.05, 3.63) is 23.8 Å². The Bertz CT molecular complexity index is 819. The first-order valence-corrected chi connectivity index (χ1v) is 11.6. The molecule has 0 bridgehead atoms. The van der Waals surface area contributed by atoms with Gasteiger partial charge in [-0.25, -0.2) is 9.59 Å². The summed E-state index contributed by atoms with van der Waals surface area (Å²) in [5, 5.41) is 22.2. The van der Waals surface area contributed by atoms with Crippen LogP contribution in [0.25, 0.3) is 11.1 Å². The van der Waals surface area contributed by atoms with E-state index >= 15 is 0 Å². The highest BCUT2D eigenvalue weighted by atomic mass is 16.4. The Balaban J connectivity index is 1.90. The van der Waals surface area contributed by atoms with E-state index in [0.717, 1.165) is 18.4 Å². The number of nitrogens with one attached hydrogen (secondary N) is 2. The molecule has 0 radical (unpaired) electrons. The zero-order valence-electron chi connectivity index (χ0n) is 18.9. The Morgan fingerprint density at radius 1 is 0.938 bits per heavy atom. The van der Waals surface area contributed by atoms with E-state index in [2.05, 4.69) is 28.6 Å². The maximum absolute atomic E-state index is 10.7. The molecular formula is C23H36N4O5. The van der Waals surface area contributed by atoms with Crippen LogP contribution < -0.4 is 15.5 Å². The van der Waals surface area contributed by atoms with Crippen LogP contribution >= 0.6 is 0 Å². The van der Waals surface area contributed by atoms with Crippen molar-refractivity contribution < 1.29 is 24.2 Å². The Hall–Kier alpha value is -2.97. The van der Waals surface area contributed by atoms with Crippen molar-refractivity contribution in [2.24, 2.45) is 0 Å². The molecule has 0 aliphatic carbocycles. The number of benzene rings is 1. The number of fused-ring (bicyclic) bond motifs is 1. The number of hydrogen-bond donors (Lipinski definition) is 4. The molecule has 2 rings (SSSR count). The summed E-state index contributed by atoms with van der Waals surface area (Å²) in [5.41, 5.74) is 2.61. The molecule has 0 aliphatic heterocycles. The number of aryl methyl sites for hydroxylation is 1. The lowest BCUT2D eigenvalue weighted by Crippen LogP contribution is -2.39. The lowest BCUT2D eigenvalue weighted by Gasteiger charge is -2.20. The van der Waals surface area contributed by atoms with E-state index in [4.69, 9.17) is 14.6 Å². The van der Waals surface area contributed by atoms with Crippen LogP contribution in [-0.2, 0) is 6.42 Å². The SMILES string of the molecule is CCCCCCCCCCc1ccc2nc(N(CCNC(=O)O)CCNC(=O)O)oc2c1. The van der Waals surface area contributed by atoms with Crippen LogP contribution in [0.3, 0.4) is 0 Å². The maximum Gasteiger partial charge on any atom is 0.404 e. The second kappa shape index (κ2) is 14.2. The molecule has 0 saturated heterocycles. The third kappa shape index (κ3) is 9.45. The Labute approximate surface area is 189 Å². The molecule has 9 nitrogen and oxygen atoms in total. The first-order valence-electron chi connectivity index (χ1n) is 11.6. The van der Waals surface area contributed by atoms with Gasteiger partial charge < -0.3 is 30.2 Å². The van der Waals surface area contributed by atoms with Gasteiger partial charge in [-0.3, -0.25) is 0 Å². The van der Waals surface area contributed by atoms with E-state index < -0.39 is 12.2 Å². The summed E-state index contributed by atoms with van der Waals surface area (Å²) in [4.78, 5) is 27.7. The molecule has 1 heterocycles. The minimum atomic E-state index is -1.11. The van der Waals surface area contributed by atoms with Crippen LogP contribution in [0.5, 0.6) is 0 Å². The van der Waals surface area contributed by atoms with Crippen LogP contribution in [0, 0.1) is 0 Å². The Morgan fingerprint density at radius 2 is 1.53 bits per heavy atom. The van der Waals surface area contributed by atoms with Crippen LogP contribution in [0.4, 0.5) is 15.6 Å². The third-order valence-electron chi connectivity index (χ3n) is 5.35. The van der Waals surface area contributed by atoms with Crippen molar-refractivity contribution in [1.29, 1.82) is 0 Å². The topological polar surface area (TPSA) is 128 Å². The predicted molar refractivity (Wildman–Crippen MR) is 125 cm³/mol. The third-order valence-corrected chi connectivity index (χ3v) is 5.35. The molecule has 1 aromatic heterocycles. The molecule has 0 fully saturated rings. The van der Waals surface area contributed by atoms with Gasteiger partial charge in [-0.15, -0.1) is 0 Å². The fourth-order valence-electron chi connectivity index (χ4n) is 3.61. The number of oxazole rings is 1. The van der Waals surface area contributed by atoms with E-state index in [1.807, 2.05) is 12.1 Å². The van der Waals surface area contributed by atoms with Crippen LogP contribution in [-0.4, -0.2) is 53.6 Å². The Morgan fingerprint density at radius 3 is 2.12 bits per heavy atom. The highest BCUT2D eigenvalue weighted by molar-refractivity contribution is 5.75. The molecule has 2 amide bonds. The molecule has 1 aromatic carbocycles. The van der Waals surface area contributed by atoms with Gasteiger partial charge in [-0.05, 0) is 30.5 Å². The summed E-state index contributed by atoms with van der Waals surface area (Å²) in [6.07, 6.45) is 9.03. The molecule has 0 unspecified atom stereocenters. The maximum atomic E-state index is 10.7. The number of unbranched alkanes of at least 4 members (excludes halogenated alkanes) is 7. The van der Waals surface area contributed by atoms with E-state index in [0.29, 0.717) is 24.7 Å². The average Bonchev–Trinajstić information content (AvgIpc) is 3.17. The molecular weight excluding hydrogens is 412 g/mol. The van der Waals surface area contributed by atoms with Crippen molar-refractivity contribution in [2.75, 3.05) is 31.1 Å². The molecule has 9 heteroatoms. The van der Waals surface area contributed by atoms with Crippen molar-refractivity contribution in [3.63, 3.8) is 0 Å². The van der Waals surface area contributed by atoms with Gasteiger partial charge in [-0.2, -0.15) is 4.98 Å². The summed E-state index contributed by atoms with van der Waals surface area (Å²) in [7, 11) is 0. The number of rotatable bonds is 16. The number of nitrogens with zero attached hydrogens (tertiary/aromatic N) is 2. The van der Waals surface area contributed by atoms with Crippen molar-refractivity contribution in [2.45, 2.75) is 64.7 Å². The smallest absolute Gasteiger partial charge is 0.404 e. The lowest BCUT2D eigenvalue weighted by atomic mass is 10.0. The van der Waals surface area contributed by atoms with Crippen LogP contribution in [0.15, 0.2) is 22.6 Å². The van der Waals surface area contributed by atoms with Crippen LogP contribution in [0.1, 0.15) is 63.9 Å². The number of aromatic nitrogens is 1. The van der Waals surface area contributed by atoms with Crippen molar-refractivity contribution in [1.82, 2.24) is 15.6 Å². The number of carbonyl (C=O) groups is 2. The molecule has 0 saturated carbocycles. The summed E-state index contributed by atoms with van der Waals surface area (Å²) >= 11 is 0. The minimum Gasteiger partial charge on any atom is -0.465 e. The van der Waals surface area contributed by atoms with Crippen molar-refractivity contribution >= 4 is 29.3 Å². The molecule has 2 aromatic rings. The van der Waals surface area contributed by atoms with Crippen LogP contribution in [0.2, 0.25) is 0 Å². The summed E-state index contributed by atoms with van der Waals surface area (Å²) < 4.78 is 5.93. The first-order chi connectivity index (χ1) is 15.5. The first kappa shape index (κ1) is 25.3. The summed E-state index contributed by atoms with van der Waals surface area (Å²) in [6.45, 7) is 3.20. The van der Waals surface area contributed by atoms with Gasteiger partial charge in [0.15, 0.2) is 5.58 Å². The highest BCUT2D eigenvalue weighted by Gasteiger charge is 2.15. The lowest BCUT2D eigenvalue weighted by molar-refractivity contribution is 0.194. The van der Waals surface area contributed by atoms with E-state index in [1.54, 1.807) is 4.90 Å². The predicted octanol–water partition coefficient (Wildman–Crippen LogP) is 4.85. The normalized spacial score (nSPS) is 10.9. The Kier molecular flexibility index (Phi) is 11.2. The summed E-state index contributed by atoms with van der Waals surface area (Å²) in [5.74, 6) is 0.